The van der Waals surface area contributed by atoms with Gasteiger partial charge in [0.05, 0.1) is 0 Å². The molecule has 2 aromatic rings. The lowest BCUT2D eigenvalue weighted by Gasteiger charge is -2.33. The van der Waals surface area contributed by atoms with Gasteiger partial charge in [-0.25, -0.2) is 30.7 Å². The lowest BCUT2D eigenvalue weighted by Crippen LogP contribution is -2.50. The molecule has 0 saturated carbocycles. The second-order valence-electron chi connectivity index (χ2n) is 6.05. The predicted molar refractivity (Wildman–Crippen MR) is 94.3 cm³/mol. The normalized spacial score (nSPS) is 20.1. The molecule has 1 saturated heterocycles. The van der Waals surface area contributed by atoms with E-state index in [0.29, 0.717) is 18.5 Å². The lowest BCUT2D eigenvalue weighted by atomic mass is 9.86. The smallest absolute Gasteiger partial charge is 0.243 e. The molecule has 27 heavy (non-hydrogen) atoms. The highest BCUT2D eigenvalue weighted by Gasteiger charge is 2.32. The molecule has 2 unspecified atom stereocenters. The molecule has 1 aliphatic rings. The third-order valence-electron chi connectivity index (χ3n) is 4.37. The summed E-state index contributed by atoms with van der Waals surface area (Å²) in [6.45, 7) is 0.760. The van der Waals surface area contributed by atoms with Gasteiger partial charge in [0, 0.05) is 18.5 Å². The highest BCUT2D eigenvalue weighted by Crippen LogP contribution is 2.28. The van der Waals surface area contributed by atoms with E-state index in [1.54, 1.807) is 0 Å². The number of hydrogen-bond acceptors (Lipinski definition) is 3. The number of halogens is 5. The molecule has 1 heterocycles. The molecule has 0 bridgehead atoms. The average molecular weight is 425 g/mol. The van der Waals surface area contributed by atoms with Crippen molar-refractivity contribution in [2.45, 2.75) is 23.3 Å². The monoisotopic (exact) mass is 424 g/mol. The van der Waals surface area contributed by atoms with Gasteiger partial charge >= 0.3 is 0 Å². The number of sulfonamides is 1. The summed E-state index contributed by atoms with van der Waals surface area (Å²) in [6.07, 6.45) is 0.462. The maximum absolute atomic E-state index is 13.9. The molecule has 0 aliphatic carbocycles. The van der Waals surface area contributed by atoms with Gasteiger partial charge in [-0.1, -0.05) is 12.1 Å². The molecule has 3 rings (SSSR count). The Balaban J connectivity index is 0.00000261. The van der Waals surface area contributed by atoms with Gasteiger partial charge in [-0.2, -0.15) is 0 Å². The topological polar surface area (TPSA) is 58.2 Å². The van der Waals surface area contributed by atoms with Crippen molar-refractivity contribution >= 4 is 22.4 Å². The van der Waals surface area contributed by atoms with E-state index < -0.39 is 50.1 Å². The van der Waals surface area contributed by atoms with Crippen LogP contribution in [0.25, 0.3) is 0 Å². The molecule has 4 nitrogen and oxygen atoms in total. The fourth-order valence-electron chi connectivity index (χ4n) is 3.08. The van der Waals surface area contributed by atoms with Crippen LogP contribution in [0.15, 0.2) is 41.3 Å². The summed E-state index contributed by atoms with van der Waals surface area (Å²) in [5, 5.41) is 3.00. The Bertz CT molecular complexity index is 927. The number of piperidine rings is 1. The second-order valence-corrected chi connectivity index (χ2v) is 7.73. The minimum Gasteiger partial charge on any atom is -0.315 e. The Labute approximate surface area is 160 Å². The van der Waals surface area contributed by atoms with E-state index in [1.807, 2.05) is 0 Å². The highest BCUT2D eigenvalue weighted by molar-refractivity contribution is 7.89. The predicted octanol–water partition coefficient (Wildman–Crippen LogP) is 3.09. The van der Waals surface area contributed by atoms with Crippen LogP contribution in [0.5, 0.6) is 0 Å². The molecular formula is C17H17ClF4N2O2S. The van der Waals surface area contributed by atoms with Crippen molar-refractivity contribution in [3.05, 3.63) is 65.2 Å². The van der Waals surface area contributed by atoms with E-state index in [1.165, 1.54) is 6.07 Å². The quantitative estimate of drug-likeness (QED) is 0.742. The molecule has 0 radical (unpaired) electrons. The zero-order valence-corrected chi connectivity index (χ0v) is 15.5. The maximum Gasteiger partial charge on any atom is 0.243 e. The molecule has 0 aromatic heterocycles. The number of benzene rings is 2. The van der Waals surface area contributed by atoms with Crippen molar-refractivity contribution in [1.29, 1.82) is 0 Å². The van der Waals surface area contributed by atoms with E-state index in [9.17, 15) is 26.0 Å². The largest absolute Gasteiger partial charge is 0.315 e. The summed E-state index contributed by atoms with van der Waals surface area (Å²) in [7, 11) is -4.35. The van der Waals surface area contributed by atoms with Crippen LogP contribution in [-0.4, -0.2) is 27.5 Å². The van der Waals surface area contributed by atoms with Gasteiger partial charge < -0.3 is 5.32 Å². The van der Waals surface area contributed by atoms with Crippen LogP contribution >= 0.6 is 12.4 Å². The first kappa shape index (κ1) is 21.6. The van der Waals surface area contributed by atoms with Crippen LogP contribution in [0.2, 0.25) is 0 Å². The molecule has 1 aliphatic heterocycles. The van der Waals surface area contributed by atoms with Gasteiger partial charge in [-0.3, -0.25) is 0 Å². The molecule has 148 valence electrons. The van der Waals surface area contributed by atoms with Gasteiger partial charge in [0.1, 0.15) is 4.90 Å². The molecule has 10 heteroatoms. The van der Waals surface area contributed by atoms with Gasteiger partial charge in [-0.15, -0.1) is 12.4 Å². The Hall–Kier alpha value is -1.68. The zero-order valence-electron chi connectivity index (χ0n) is 13.9. The first-order valence-electron chi connectivity index (χ1n) is 7.91. The Kier molecular flexibility index (Phi) is 6.85. The SMILES string of the molecule is Cl.O=S(=O)(NC1CNCCC1c1ccc(F)c(F)c1)c1cccc(F)c1F. The summed E-state index contributed by atoms with van der Waals surface area (Å²) >= 11 is 0. The lowest BCUT2D eigenvalue weighted by molar-refractivity contribution is 0.375. The van der Waals surface area contributed by atoms with Crippen molar-refractivity contribution in [1.82, 2.24) is 10.0 Å². The molecule has 0 spiro atoms. The van der Waals surface area contributed by atoms with Gasteiger partial charge in [0.25, 0.3) is 0 Å². The Morgan fingerprint density at radius 3 is 2.44 bits per heavy atom. The van der Waals surface area contributed by atoms with E-state index in [-0.39, 0.29) is 19.0 Å². The van der Waals surface area contributed by atoms with Crippen molar-refractivity contribution in [2.75, 3.05) is 13.1 Å². The third-order valence-corrected chi connectivity index (χ3v) is 5.87. The van der Waals surface area contributed by atoms with E-state index >= 15 is 0 Å². The van der Waals surface area contributed by atoms with Gasteiger partial charge in [0.2, 0.25) is 10.0 Å². The molecule has 2 N–H and O–H groups in total. The first-order valence-corrected chi connectivity index (χ1v) is 9.40. The number of rotatable bonds is 4. The summed E-state index contributed by atoms with van der Waals surface area (Å²) in [5.74, 6) is -5.21. The van der Waals surface area contributed by atoms with Crippen molar-refractivity contribution in [3.63, 3.8) is 0 Å². The van der Waals surface area contributed by atoms with Gasteiger partial charge in [0.15, 0.2) is 23.3 Å². The van der Waals surface area contributed by atoms with Crippen LogP contribution in [0, 0.1) is 23.3 Å². The number of hydrogen-bond donors (Lipinski definition) is 2. The highest BCUT2D eigenvalue weighted by atomic mass is 35.5. The molecule has 1 fully saturated rings. The molecule has 2 atom stereocenters. The van der Waals surface area contributed by atoms with Crippen molar-refractivity contribution < 1.29 is 26.0 Å². The molecular weight excluding hydrogens is 408 g/mol. The summed E-state index contributed by atoms with van der Waals surface area (Å²) in [5.41, 5.74) is 0.429. The third kappa shape index (κ3) is 4.60. The average Bonchev–Trinajstić information content (AvgIpc) is 2.60. The Morgan fingerprint density at radius 1 is 1.00 bits per heavy atom. The van der Waals surface area contributed by atoms with Gasteiger partial charge in [-0.05, 0) is 42.8 Å². The summed E-state index contributed by atoms with van der Waals surface area (Å²) < 4.78 is 81.3. The first-order chi connectivity index (χ1) is 12.3. The van der Waals surface area contributed by atoms with Crippen LogP contribution in [0.3, 0.4) is 0 Å². The number of nitrogens with one attached hydrogen (secondary N) is 2. The summed E-state index contributed by atoms with van der Waals surface area (Å²) in [6, 6.07) is 5.53. The van der Waals surface area contributed by atoms with E-state index in [2.05, 4.69) is 10.0 Å². The van der Waals surface area contributed by atoms with E-state index in [4.69, 9.17) is 0 Å². The van der Waals surface area contributed by atoms with Crippen molar-refractivity contribution in [2.24, 2.45) is 0 Å². The van der Waals surface area contributed by atoms with Crippen molar-refractivity contribution in [3.8, 4) is 0 Å². The standard InChI is InChI=1S/C17H16F4N2O2S.ClH/c18-12-5-4-10(8-14(12)20)11-6-7-22-9-15(11)23-26(24,25)16-3-1-2-13(19)17(16)21;/h1-5,8,11,15,22-23H,6-7,9H2;1H. The minimum atomic E-state index is -4.35. The minimum absolute atomic E-state index is 0. The van der Waals surface area contributed by atoms with Crippen LogP contribution < -0.4 is 10.0 Å². The maximum atomic E-state index is 13.9. The van der Waals surface area contributed by atoms with Crippen LogP contribution in [0.1, 0.15) is 17.9 Å². The fourth-order valence-corrected chi connectivity index (χ4v) is 4.44. The fraction of sp³-hybridized carbons (Fsp3) is 0.294. The second kappa shape index (κ2) is 8.55. The molecule has 2 aromatic carbocycles. The molecule has 0 amide bonds. The van der Waals surface area contributed by atoms with Crippen LogP contribution in [0.4, 0.5) is 17.6 Å². The Morgan fingerprint density at radius 2 is 1.74 bits per heavy atom. The van der Waals surface area contributed by atoms with E-state index in [0.717, 1.165) is 30.3 Å². The summed E-state index contributed by atoms with van der Waals surface area (Å²) in [4.78, 5) is -0.799. The zero-order chi connectivity index (χ0) is 18.9. The van der Waals surface area contributed by atoms with Crippen LogP contribution in [-0.2, 0) is 10.0 Å².